The third-order valence-corrected chi connectivity index (χ3v) is 2.66. The Morgan fingerprint density at radius 1 is 1.37 bits per heavy atom. The molecule has 1 unspecified atom stereocenters. The van der Waals surface area contributed by atoms with Crippen molar-refractivity contribution >= 4 is 5.97 Å². The predicted octanol–water partition coefficient (Wildman–Crippen LogP) is 2.27. The molecular formula is C14H20FNO3. The van der Waals surface area contributed by atoms with E-state index in [1.807, 2.05) is 0 Å². The van der Waals surface area contributed by atoms with E-state index >= 15 is 0 Å². The lowest BCUT2D eigenvalue weighted by atomic mass is 9.98. The van der Waals surface area contributed by atoms with Crippen LogP contribution in [0.4, 0.5) is 4.39 Å². The van der Waals surface area contributed by atoms with Gasteiger partial charge in [-0.2, -0.15) is 0 Å². The second-order valence-electron chi connectivity index (χ2n) is 4.54. The van der Waals surface area contributed by atoms with Crippen molar-refractivity contribution in [3.05, 3.63) is 30.1 Å². The molecule has 0 aliphatic carbocycles. The van der Waals surface area contributed by atoms with Gasteiger partial charge in [-0.3, -0.25) is 4.79 Å². The predicted molar refractivity (Wildman–Crippen MR) is 70.4 cm³/mol. The third kappa shape index (κ3) is 5.26. The standard InChI is InChI=1S/C14H20FNO3/c1-3-18-13(17)14(2,16)9-4-10-19-12-7-5-11(15)6-8-12/h5-8H,3-4,9-10,16H2,1-2H3. The molecule has 19 heavy (non-hydrogen) atoms. The minimum absolute atomic E-state index is 0.302. The van der Waals surface area contributed by atoms with Crippen LogP contribution in [-0.4, -0.2) is 24.7 Å². The molecule has 0 aliphatic rings. The van der Waals surface area contributed by atoms with E-state index in [4.69, 9.17) is 15.2 Å². The first-order valence-corrected chi connectivity index (χ1v) is 6.30. The molecule has 106 valence electrons. The largest absolute Gasteiger partial charge is 0.494 e. The summed E-state index contributed by atoms with van der Waals surface area (Å²) < 4.78 is 23.0. The van der Waals surface area contributed by atoms with E-state index < -0.39 is 11.5 Å². The van der Waals surface area contributed by atoms with Crippen molar-refractivity contribution in [2.45, 2.75) is 32.2 Å². The van der Waals surface area contributed by atoms with E-state index in [0.717, 1.165) is 0 Å². The molecule has 0 aliphatic heterocycles. The number of nitrogens with two attached hydrogens (primary N) is 1. The Kier molecular flexibility index (Phi) is 5.76. The van der Waals surface area contributed by atoms with E-state index in [1.165, 1.54) is 12.1 Å². The van der Waals surface area contributed by atoms with Crippen LogP contribution in [0.25, 0.3) is 0 Å². The van der Waals surface area contributed by atoms with Crippen LogP contribution in [0.15, 0.2) is 24.3 Å². The van der Waals surface area contributed by atoms with Crippen molar-refractivity contribution in [1.82, 2.24) is 0 Å². The molecule has 4 nitrogen and oxygen atoms in total. The zero-order valence-corrected chi connectivity index (χ0v) is 11.3. The summed E-state index contributed by atoms with van der Waals surface area (Å²) >= 11 is 0. The average Bonchev–Trinajstić information content (AvgIpc) is 2.37. The monoisotopic (exact) mass is 269 g/mol. The molecule has 0 saturated carbocycles. The van der Waals surface area contributed by atoms with Crippen LogP contribution in [0.5, 0.6) is 5.75 Å². The van der Waals surface area contributed by atoms with Gasteiger partial charge in [0, 0.05) is 0 Å². The maximum absolute atomic E-state index is 12.7. The number of hydrogen-bond acceptors (Lipinski definition) is 4. The second kappa shape index (κ2) is 7.09. The highest BCUT2D eigenvalue weighted by molar-refractivity contribution is 5.79. The molecule has 1 aromatic rings. The van der Waals surface area contributed by atoms with Gasteiger partial charge in [0.2, 0.25) is 0 Å². The van der Waals surface area contributed by atoms with Crippen LogP contribution in [0.1, 0.15) is 26.7 Å². The second-order valence-corrected chi connectivity index (χ2v) is 4.54. The molecule has 5 heteroatoms. The maximum atomic E-state index is 12.7. The molecule has 0 aromatic heterocycles. The van der Waals surface area contributed by atoms with Crippen LogP contribution in [-0.2, 0) is 9.53 Å². The van der Waals surface area contributed by atoms with Crippen molar-refractivity contribution in [2.75, 3.05) is 13.2 Å². The molecule has 0 amide bonds. The van der Waals surface area contributed by atoms with Gasteiger partial charge in [0.25, 0.3) is 0 Å². The fraction of sp³-hybridized carbons (Fsp3) is 0.500. The smallest absolute Gasteiger partial charge is 0.325 e. The Balaban J connectivity index is 2.30. The lowest BCUT2D eigenvalue weighted by molar-refractivity contribution is -0.149. The highest BCUT2D eigenvalue weighted by Crippen LogP contribution is 2.14. The number of rotatable bonds is 7. The summed E-state index contributed by atoms with van der Waals surface area (Å²) in [6.45, 7) is 4.12. The zero-order valence-electron chi connectivity index (χ0n) is 11.3. The maximum Gasteiger partial charge on any atom is 0.325 e. The number of esters is 1. The Hall–Kier alpha value is -1.62. The van der Waals surface area contributed by atoms with Crippen LogP contribution in [0.3, 0.4) is 0 Å². The summed E-state index contributed by atoms with van der Waals surface area (Å²) in [4.78, 5) is 11.5. The van der Waals surface area contributed by atoms with Gasteiger partial charge in [-0.25, -0.2) is 4.39 Å². The summed E-state index contributed by atoms with van der Waals surface area (Å²) in [6, 6.07) is 5.78. The van der Waals surface area contributed by atoms with Crippen molar-refractivity contribution in [3.63, 3.8) is 0 Å². The summed E-state index contributed by atoms with van der Waals surface area (Å²) in [6.07, 6.45) is 1.08. The summed E-state index contributed by atoms with van der Waals surface area (Å²) in [5.74, 6) is -0.114. The summed E-state index contributed by atoms with van der Waals surface area (Å²) in [7, 11) is 0. The molecule has 0 fully saturated rings. The highest BCUT2D eigenvalue weighted by Gasteiger charge is 2.29. The molecule has 0 saturated heterocycles. The van der Waals surface area contributed by atoms with Gasteiger partial charge in [0.1, 0.15) is 17.1 Å². The Morgan fingerprint density at radius 3 is 2.58 bits per heavy atom. The van der Waals surface area contributed by atoms with Crippen molar-refractivity contribution in [2.24, 2.45) is 5.73 Å². The van der Waals surface area contributed by atoms with E-state index in [1.54, 1.807) is 26.0 Å². The minimum Gasteiger partial charge on any atom is -0.494 e. The molecule has 1 atom stereocenters. The first-order valence-electron chi connectivity index (χ1n) is 6.30. The third-order valence-electron chi connectivity index (χ3n) is 2.66. The van der Waals surface area contributed by atoms with E-state index in [0.29, 0.717) is 31.8 Å². The van der Waals surface area contributed by atoms with E-state index in [-0.39, 0.29) is 5.82 Å². The minimum atomic E-state index is -0.998. The molecule has 0 bridgehead atoms. The van der Waals surface area contributed by atoms with E-state index in [9.17, 15) is 9.18 Å². The van der Waals surface area contributed by atoms with Crippen LogP contribution < -0.4 is 10.5 Å². The number of hydrogen-bond donors (Lipinski definition) is 1. The first kappa shape index (κ1) is 15.4. The highest BCUT2D eigenvalue weighted by atomic mass is 19.1. The average molecular weight is 269 g/mol. The van der Waals surface area contributed by atoms with Crippen molar-refractivity contribution in [3.8, 4) is 5.75 Å². The molecule has 2 N–H and O–H groups in total. The number of ether oxygens (including phenoxy) is 2. The number of benzene rings is 1. The Labute approximate surface area is 112 Å². The fourth-order valence-electron chi connectivity index (χ4n) is 1.56. The lowest BCUT2D eigenvalue weighted by Gasteiger charge is -2.22. The van der Waals surface area contributed by atoms with Gasteiger partial charge in [-0.15, -0.1) is 0 Å². The van der Waals surface area contributed by atoms with Gasteiger partial charge < -0.3 is 15.2 Å². The molecule has 1 aromatic carbocycles. The van der Waals surface area contributed by atoms with Crippen LogP contribution >= 0.6 is 0 Å². The molecular weight excluding hydrogens is 249 g/mol. The van der Waals surface area contributed by atoms with Gasteiger partial charge in [0.15, 0.2) is 0 Å². The topological polar surface area (TPSA) is 61.5 Å². The van der Waals surface area contributed by atoms with Crippen molar-refractivity contribution in [1.29, 1.82) is 0 Å². The molecule has 1 rings (SSSR count). The van der Waals surface area contributed by atoms with Gasteiger partial charge in [-0.05, 0) is 51.0 Å². The first-order chi connectivity index (χ1) is 8.95. The SMILES string of the molecule is CCOC(=O)C(C)(N)CCCOc1ccc(F)cc1. The summed E-state index contributed by atoms with van der Waals surface area (Å²) in [5.41, 5.74) is 4.87. The quantitative estimate of drug-likeness (QED) is 0.609. The van der Waals surface area contributed by atoms with Crippen molar-refractivity contribution < 1.29 is 18.7 Å². The summed E-state index contributed by atoms with van der Waals surface area (Å²) in [5, 5.41) is 0. The van der Waals surface area contributed by atoms with Crippen LogP contribution in [0, 0.1) is 5.82 Å². The molecule has 0 heterocycles. The lowest BCUT2D eigenvalue weighted by Crippen LogP contribution is -2.46. The number of halogens is 1. The number of carbonyl (C=O) groups is 1. The zero-order chi connectivity index (χ0) is 14.3. The molecule has 0 radical (unpaired) electrons. The number of carbonyl (C=O) groups excluding carboxylic acids is 1. The Morgan fingerprint density at radius 2 is 2.00 bits per heavy atom. The van der Waals surface area contributed by atoms with E-state index in [2.05, 4.69) is 0 Å². The van der Waals surface area contributed by atoms with Gasteiger partial charge >= 0.3 is 5.97 Å². The van der Waals surface area contributed by atoms with Gasteiger partial charge in [-0.1, -0.05) is 0 Å². The van der Waals surface area contributed by atoms with Crippen LogP contribution in [0.2, 0.25) is 0 Å². The normalized spacial score (nSPS) is 13.7. The fourth-order valence-corrected chi connectivity index (χ4v) is 1.56. The Bertz CT molecular complexity index is 404. The molecule has 0 spiro atoms. The van der Waals surface area contributed by atoms with Gasteiger partial charge in [0.05, 0.1) is 13.2 Å².